The van der Waals surface area contributed by atoms with Gasteiger partial charge in [-0.25, -0.2) is 0 Å². The molecule has 0 aliphatic carbocycles. The highest BCUT2D eigenvalue weighted by Crippen LogP contribution is 2.08. The number of carbonyl (C=O) groups excluding carboxylic acids is 2. The van der Waals surface area contributed by atoms with Crippen molar-refractivity contribution in [3.63, 3.8) is 0 Å². The molecule has 0 radical (unpaired) electrons. The molecule has 1 aliphatic rings. The van der Waals surface area contributed by atoms with Gasteiger partial charge in [-0.05, 0) is 19.4 Å². The summed E-state index contributed by atoms with van der Waals surface area (Å²) in [4.78, 5) is 24.7. The summed E-state index contributed by atoms with van der Waals surface area (Å²) in [5, 5.41) is 3.00. The van der Waals surface area contributed by atoms with E-state index in [1.807, 2.05) is 38.1 Å². The molecule has 1 saturated heterocycles. The Bertz CT molecular complexity index is 519. The third-order valence-corrected chi connectivity index (χ3v) is 4.62. The third-order valence-electron chi connectivity index (χ3n) is 4.62. The average Bonchev–Trinajstić information content (AvgIpc) is 2.53. The van der Waals surface area contributed by atoms with Crippen LogP contribution in [0.15, 0.2) is 24.3 Å². The largest absolute Gasteiger partial charge is 0.369 e. The van der Waals surface area contributed by atoms with E-state index in [4.69, 9.17) is 5.73 Å². The van der Waals surface area contributed by atoms with Crippen molar-refractivity contribution in [2.24, 2.45) is 11.7 Å². The van der Waals surface area contributed by atoms with Gasteiger partial charge in [0.2, 0.25) is 5.91 Å². The van der Waals surface area contributed by atoms with Crippen LogP contribution in [0.2, 0.25) is 0 Å². The molecule has 0 spiro atoms. The minimum Gasteiger partial charge on any atom is -0.369 e. The molecule has 1 heterocycles. The Kier molecular flexibility index (Phi) is 5.55. The van der Waals surface area contributed by atoms with E-state index in [2.05, 4.69) is 5.32 Å². The van der Waals surface area contributed by atoms with Gasteiger partial charge in [-0.3, -0.25) is 9.59 Å². The van der Waals surface area contributed by atoms with E-state index in [1.165, 1.54) is 10.5 Å². The molecule has 120 valence electrons. The lowest BCUT2D eigenvalue weighted by Crippen LogP contribution is -3.17. The molecule has 0 saturated carbocycles. The van der Waals surface area contributed by atoms with E-state index < -0.39 is 0 Å². The van der Waals surface area contributed by atoms with Gasteiger partial charge in [0, 0.05) is 25.3 Å². The van der Waals surface area contributed by atoms with E-state index in [0.29, 0.717) is 6.54 Å². The van der Waals surface area contributed by atoms with Gasteiger partial charge in [0.25, 0.3) is 5.91 Å². The molecule has 1 aliphatic heterocycles. The standard InChI is InChI=1S/C17H25N3O2/c1-12-3-5-14(6-4-12)11-19-17(22)13(2)20-9-7-15(8-10-20)16(18)21/h3-6,13,15H,7-11H2,1-2H3,(H2,18,21)(H,19,22)/p+1/t13-/m1/s1. The number of hydrogen-bond donors (Lipinski definition) is 3. The maximum atomic E-state index is 12.3. The summed E-state index contributed by atoms with van der Waals surface area (Å²) in [7, 11) is 0. The number of aryl methyl sites for hydroxylation is 1. The van der Waals surface area contributed by atoms with Gasteiger partial charge in [-0.2, -0.15) is 0 Å². The molecule has 1 aromatic rings. The van der Waals surface area contributed by atoms with E-state index in [1.54, 1.807) is 0 Å². The minimum atomic E-state index is -0.212. The Labute approximate surface area is 131 Å². The van der Waals surface area contributed by atoms with Crippen LogP contribution in [0, 0.1) is 12.8 Å². The van der Waals surface area contributed by atoms with Crippen LogP contribution >= 0.6 is 0 Å². The molecule has 4 N–H and O–H groups in total. The fourth-order valence-electron chi connectivity index (χ4n) is 2.94. The number of hydrogen-bond acceptors (Lipinski definition) is 2. The molecule has 0 unspecified atom stereocenters. The fraction of sp³-hybridized carbons (Fsp3) is 0.529. The number of carbonyl (C=O) groups is 2. The van der Waals surface area contributed by atoms with Gasteiger partial charge < -0.3 is 16.0 Å². The number of quaternary nitrogens is 1. The predicted octanol–water partition coefficient (Wildman–Crippen LogP) is -0.220. The van der Waals surface area contributed by atoms with Crippen LogP contribution in [-0.4, -0.2) is 30.9 Å². The highest BCUT2D eigenvalue weighted by atomic mass is 16.2. The minimum absolute atomic E-state index is 0.0217. The topological polar surface area (TPSA) is 76.6 Å². The lowest BCUT2D eigenvalue weighted by molar-refractivity contribution is -0.919. The Hall–Kier alpha value is -1.88. The van der Waals surface area contributed by atoms with Gasteiger partial charge in [0.1, 0.15) is 0 Å². The number of likely N-dealkylation sites (tertiary alicyclic amines) is 1. The van der Waals surface area contributed by atoms with Gasteiger partial charge in [0.15, 0.2) is 6.04 Å². The Morgan fingerprint density at radius 1 is 1.27 bits per heavy atom. The lowest BCUT2D eigenvalue weighted by atomic mass is 9.95. The molecule has 5 nitrogen and oxygen atoms in total. The summed E-state index contributed by atoms with van der Waals surface area (Å²) in [6, 6.07) is 8.06. The van der Waals surface area contributed by atoms with Crippen molar-refractivity contribution in [2.75, 3.05) is 13.1 Å². The molecule has 1 fully saturated rings. The molecule has 0 aromatic heterocycles. The van der Waals surface area contributed by atoms with Gasteiger partial charge >= 0.3 is 0 Å². The summed E-state index contributed by atoms with van der Waals surface area (Å²) >= 11 is 0. The Morgan fingerprint density at radius 3 is 2.41 bits per heavy atom. The van der Waals surface area contributed by atoms with Crippen LogP contribution in [-0.2, 0) is 16.1 Å². The molecular formula is C17H26N3O2+. The maximum absolute atomic E-state index is 12.3. The number of piperidine rings is 1. The zero-order valence-electron chi connectivity index (χ0n) is 13.4. The van der Waals surface area contributed by atoms with Crippen molar-refractivity contribution < 1.29 is 14.5 Å². The predicted molar refractivity (Wildman–Crippen MR) is 85.1 cm³/mol. The number of rotatable bonds is 5. The zero-order chi connectivity index (χ0) is 16.1. The molecule has 2 amide bonds. The van der Waals surface area contributed by atoms with Crippen LogP contribution in [0.5, 0.6) is 0 Å². The van der Waals surface area contributed by atoms with Crippen LogP contribution in [0.3, 0.4) is 0 Å². The molecular weight excluding hydrogens is 278 g/mol. The van der Waals surface area contributed by atoms with E-state index in [-0.39, 0.29) is 23.8 Å². The van der Waals surface area contributed by atoms with Gasteiger partial charge in [-0.1, -0.05) is 29.8 Å². The first kappa shape index (κ1) is 16.5. The highest BCUT2D eigenvalue weighted by Gasteiger charge is 2.31. The summed E-state index contributed by atoms with van der Waals surface area (Å²) in [6.07, 6.45) is 1.56. The van der Waals surface area contributed by atoms with E-state index in [9.17, 15) is 9.59 Å². The van der Waals surface area contributed by atoms with Crippen molar-refractivity contribution >= 4 is 11.8 Å². The number of primary amides is 1. The van der Waals surface area contributed by atoms with Crippen molar-refractivity contribution in [3.8, 4) is 0 Å². The monoisotopic (exact) mass is 304 g/mol. The number of nitrogens with one attached hydrogen (secondary N) is 2. The Morgan fingerprint density at radius 2 is 1.86 bits per heavy atom. The third kappa shape index (κ3) is 4.31. The first-order valence-electron chi connectivity index (χ1n) is 7.94. The fourth-order valence-corrected chi connectivity index (χ4v) is 2.94. The van der Waals surface area contributed by atoms with Crippen molar-refractivity contribution in [2.45, 2.75) is 39.3 Å². The first-order chi connectivity index (χ1) is 10.5. The highest BCUT2D eigenvalue weighted by molar-refractivity contribution is 5.80. The molecule has 5 heteroatoms. The second-order valence-corrected chi connectivity index (χ2v) is 6.26. The zero-order valence-corrected chi connectivity index (χ0v) is 13.4. The Balaban J connectivity index is 1.80. The molecule has 0 bridgehead atoms. The summed E-state index contributed by atoms with van der Waals surface area (Å²) in [6.45, 7) is 6.20. The summed E-state index contributed by atoms with van der Waals surface area (Å²) in [5.41, 5.74) is 7.66. The van der Waals surface area contributed by atoms with Crippen molar-refractivity contribution in [1.29, 1.82) is 0 Å². The normalized spacial score (nSPS) is 22.8. The molecule has 1 atom stereocenters. The lowest BCUT2D eigenvalue weighted by Gasteiger charge is -2.31. The van der Waals surface area contributed by atoms with E-state index in [0.717, 1.165) is 31.5 Å². The quantitative estimate of drug-likeness (QED) is 0.703. The SMILES string of the molecule is Cc1ccc(CNC(=O)[C@@H](C)[NH+]2CCC(C(N)=O)CC2)cc1. The van der Waals surface area contributed by atoms with Crippen molar-refractivity contribution in [3.05, 3.63) is 35.4 Å². The molecule has 22 heavy (non-hydrogen) atoms. The smallest absolute Gasteiger partial charge is 0.278 e. The summed E-state index contributed by atoms with van der Waals surface area (Å²) < 4.78 is 0. The van der Waals surface area contributed by atoms with Crippen LogP contribution in [0.4, 0.5) is 0 Å². The van der Waals surface area contributed by atoms with Crippen LogP contribution in [0.1, 0.15) is 30.9 Å². The van der Waals surface area contributed by atoms with Gasteiger partial charge in [0.05, 0.1) is 13.1 Å². The first-order valence-corrected chi connectivity index (χ1v) is 7.94. The number of amides is 2. The van der Waals surface area contributed by atoms with Crippen LogP contribution < -0.4 is 16.0 Å². The average molecular weight is 304 g/mol. The summed E-state index contributed by atoms with van der Waals surface area (Å²) in [5.74, 6) is -0.171. The molecule has 2 rings (SSSR count). The maximum Gasteiger partial charge on any atom is 0.278 e. The van der Waals surface area contributed by atoms with Crippen molar-refractivity contribution in [1.82, 2.24) is 5.32 Å². The number of benzene rings is 1. The van der Waals surface area contributed by atoms with Gasteiger partial charge in [-0.15, -0.1) is 0 Å². The van der Waals surface area contributed by atoms with E-state index >= 15 is 0 Å². The molecule has 1 aromatic carbocycles. The second-order valence-electron chi connectivity index (χ2n) is 6.26. The van der Waals surface area contributed by atoms with Crippen LogP contribution in [0.25, 0.3) is 0 Å². The second kappa shape index (κ2) is 7.40. The number of nitrogens with two attached hydrogens (primary N) is 1.